The SMILES string of the molecule is COCC(=O)N1CCCc2ccc(NC(=O)/C=C/c3ccoc3)cc21. The number of ether oxygens (including phenoxy) is 1. The summed E-state index contributed by atoms with van der Waals surface area (Å²) in [4.78, 5) is 26.0. The molecule has 1 aromatic heterocycles. The molecule has 0 saturated carbocycles. The van der Waals surface area contributed by atoms with Gasteiger partial charge in [0.05, 0.1) is 12.5 Å². The highest BCUT2D eigenvalue weighted by molar-refractivity contribution is 6.03. The fourth-order valence-corrected chi connectivity index (χ4v) is 2.84. The fourth-order valence-electron chi connectivity index (χ4n) is 2.84. The molecule has 3 rings (SSSR count). The Kier molecular flexibility index (Phi) is 5.30. The first-order valence-electron chi connectivity index (χ1n) is 8.11. The Labute approximate surface area is 146 Å². The normalized spacial score (nSPS) is 13.7. The first-order chi connectivity index (χ1) is 12.2. The number of carbonyl (C=O) groups excluding carboxylic acids is 2. The summed E-state index contributed by atoms with van der Waals surface area (Å²) >= 11 is 0. The first-order valence-corrected chi connectivity index (χ1v) is 8.11. The number of anilines is 2. The molecule has 0 unspecified atom stereocenters. The Bertz CT molecular complexity index is 781. The molecule has 0 bridgehead atoms. The molecule has 0 fully saturated rings. The van der Waals surface area contributed by atoms with Crippen molar-refractivity contribution in [3.05, 3.63) is 54.0 Å². The summed E-state index contributed by atoms with van der Waals surface area (Å²) in [5, 5.41) is 2.82. The summed E-state index contributed by atoms with van der Waals surface area (Å²) in [6, 6.07) is 7.41. The largest absolute Gasteiger partial charge is 0.472 e. The monoisotopic (exact) mass is 340 g/mol. The number of rotatable bonds is 5. The molecular formula is C19H20N2O4. The van der Waals surface area contributed by atoms with E-state index in [1.807, 2.05) is 18.2 Å². The molecule has 1 aromatic carbocycles. The number of amides is 2. The summed E-state index contributed by atoms with van der Waals surface area (Å²) in [5.41, 5.74) is 3.40. The molecular weight excluding hydrogens is 320 g/mol. The molecule has 0 atom stereocenters. The minimum atomic E-state index is -0.244. The van der Waals surface area contributed by atoms with Gasteiger partial charge in [0.25, 0.3) is 5.91 Å². The van der Waals surface area contributed by atoms with Crippen molar-refractivity contribution in [3.63, 3.8) is 0 Å². The number of hydrogen-bond donors (Lipinski definition) is 1. The lowest BCUT2D eigenvalue weighted by Gasteiger charge is -2.29. The Hall–Kier alpha value is -2.86. The predicted molar refractivity (Wildman–Crippen MR) is 95.4 cm³/mol. The second-order valence-corrected chi connectivity index (χ2v) is 5.80. The lowest BCUT2D eigenvalue weighted by Crippen LogP contribution is -2.37. The van der Waals surface area contributed by atoms with Crippen molar-refractivity contribution in [2.75, 3.05) is 30.5 Å². The van der Waals surface area contributed by atoms with Crippen molar-refractivity contribution in [2.24, 2.45) is 0 Å². The summed E-state index contributed by atoms with van der Waals surface area (Å²) in [6.45, 7) is 0.705. The lowest BCUT2D eigenvalue weighted by atomic mass is 10.0. The van der Waals surface area contributed by atoms with Crippen molar-refractivity contribution in [3.8, 4) is 0 Å². The van der Waals surface area contributed by atoms with Crippen LogP contribution in [0.25, 0.3) is 6.08 Å². The third kappa shape index (κ3) is 4.16. The van der Waals surface area contributed by atoms with E-state index in [-0.39, 0.29) is 18.4 Å². The Morgan fingerprint density at radius 1 is 1.36 bits per heavy atom. The molecule has 2 aromatic rings. The average Bonchev–Trinajstić information content (AvgIpc) is 3.13. The molecule has 0 radical (unpaired) electrons. The highest BCUT2D eigenvalue weighted by atomic mass is 16.5. The first kappa shape index (κ1) is 17.0. The number of aryl methyl sites for hydroxylation is 1. The Morgan fingerprint density at radius 2 is 2.24 bits per heavy atom. The molecule has 2 amide bonds. The number of hydrogen-bond acceptors (Lipinski definition) is 4. The van der Waals surface area contributed by atoms with Crippen LogP contribution in [0.2, 0.25) is 0 Å². The number of nitrogens with zero attached hydrogens (tertiary/aromatic N) is 1. The van der Waals surface area contributed by atoms with Crippen molar-refractivity contribution in [2.45, 2.75) is 12.8 Å². The quantitative estimate of drug-likeness (QED) is 0.850. The van der Waals surface area contributed by atoms with Crippen molar-refractivity contribution in [1.29, 1.82) is 0 Å². The van der Waals surface area contributed by atoms with Crippen LogP contribution in [0.5, 0.6) is 0 Å². The van der Waals surface area contributed by atoms with Crippen LogP contribution in [0.4, 0.5) is 11.4 Å². The molecule has 6 heteroatoms. The van der Waals surface area contributed by atoms with Gasteiger partial charge >= 0.3 is 0 Å². The maximum absolute atomic E-state index is 12.2. The van der Waals surface area contributed by atoms with Crippen molar-refractivity contribution < 1.29 is 18.7 Å². The molecule has 1 aliphatic rings. The highest BCUT2D eigenvalue weighted by Gasteiger charge is 2.22. The van der Waals surface area contributed by atoms with Gasteiger partial charge in [0.2, 0.25) is 5.91 Å². The van der Waals surface area contributed by atoms with E-state index in [1.165, 1.54) is 13.2 Å². The van der Waals surface area contributed by atoms with Gasteiger partial charge in [0.15, 0.2) is 0 Å². The standard InChI is InChI=1S/C19H20N2O4/c1-24-13-19(23)21-9-2-3-15-5-6-16(11-17(15)21)20-18(22)7-4-14-8-10-25-12-14/h4-8,10-12H,2-3,9,13H2,1H3,(H,20,22)/b7-4+. The summed E-state index contributed by atoms with van der Waals surface area (Å²) in [7, 11) is 1.51. The van der Waals surface area contributed by atoms with Crippen LogP contribution in [0.3, 0.4) is 0 Å². The summed E-state index contributed by atoms with van der Waals surface area (Å²) in [6.07, 6.45) is 8.06. The molecule has 25 heavy (non-hydrogen) atoms. The molecule has 0 spiro atoms. The molecule has 0 aliphatic carbocycles. The second kappa shape index (κ2) is 7.81. The maximum atomic E-state index is 12.2. The van der Waals surface area contributed by atoms with Gasteiger partial charge in [0.1, 0.15) is 6.61 Å². The van der Waals surface area contributed by atoms with Crippen LogP contribution in [0, 0.1) is 0 Å². The number of fused-ring (bicyclic) bond motifs is 1. The summed E-state index contributed by atoms with van der Waals surface area (Å²) in [5.74, 6) is -0.321. The fraction of sp³-hybridized carbons (Fsp3) is 0.263. The average molecular weight is 340 g/mol. The van der Waals surface area contributed by atoms with Gasteiger partial charge < -0.3 is 19.4 Å². The van der Waals surface area contributed by atoms with E-state index in [4.69, 9.17) is 9.15 Å². The van der Waals surface area contributed by atoms with Gasteiger partial charge in [-0.1, -0.05) is 6.07 Å². The van der Waals surface area contributed by atoms with Crippen LogP contribution in [-0.4, -0.2) is 32.1 Å². The summed E-state index contributed by atoms with van der Waals surface area (Å²) < 4.78 is 9.91. The van der Waals surface area contributed by atoms with Gasteiger partial charge in [-0.25, -0.2) is 0 Å². The van der Waals surface area contributed by atoms with Gasteiger partial charge in [-0.3, -0.25) is 9.59 Å². The van der Waals surface area contributed by atoms with E-state index in [2.05, 4.69) is 5.32 Å². The number of benzene rings is 1. The van der Waals surface area contributed by atoms with Crippen molar-refractivity contribution >= 4 is 29.3 Å². The van der Waals surface area contributed by atoms with E-state index in [0.29, 0.717) is 12.2 Å². The maximum Gasteiger partial charge on any atom is 0.252 e. The predicted octanol–water partition coefficient (Wildman–Crippen LogP) is 2.86. The van der Waals surface area contributed by atoms with Gasteiger partial charge in [0, 0.05) is 36.7 Å². The number of carbonyl (C=O) groups is 2. The van der Waals surface area contributed by atoms with E-state index >= 15 is 0 Å². The van der Waals surface area contributed by atoms with Crippen molar-refractivity contribution in [1.82, 2.24) is 0 Å². The molecule has 6 nitrogen and oxygen atoms in total. The minimum Gasteiger partial charge on any atom is -0.472 e. The van der Waals surface area contributed by atoms with E-state index in [9.17, 15) is 9.59 Å². The zero-order chi connectivity index (χ0) is 17.6. The van der Waals surface area contributed by atoms with E-state index in [0.717, 1.165) is 29.7 Å². The third-order valence-electron chi connectivity index (χ3n) is 4.01. The van der Waals surface area contributed by atoms with Gasteiger partial charge in [-0.15, -0.1) is 0 Å². The molecule has 130 valence electrons. The number of methoxy groups -OCH3 is 1. The van der Waals surface area contributed by atoms with Crippen LogP contribution >= 0.6 is 0 Å². The minimum absolute atomic E-state index is 0.0451. The molecule has 2 heterocycles. The zero-order valence-corrected chi connectivity index (χ0v) is 14.0. The number of furan rings is 1. The Morgan fingerprint density at radius 3 is 3.00 bits per heavy atom. The smallest absolute Gasteiger partial charge is 0.252 e. The van der Waals surface area contributed by atoms with E-state index in [1.54, 1.807) is 29.6 Å². The van der Waals surface area contributed by atoms with Gasteiger partial charge in [-0.2, -0.15) is 0 Å². The van der Waals surface area contributed by atoms with Crippen LogP contribution in [-0.2, 0) is 20.7 Å². The van der Waals surface area contributed by atoms with Crippen LogP contribution < -0.4 is 10.2 Å². The van der Waals surface area contributed by atoms with Crippen LogP contribution in [0.15, 0.2) is 47.3 Å². The van der Waals surface area contributed by atoms with Crippen LogP contribution in [0.1, 0.15) is 17.5 Å². The zero-order valence-electron chi connectivity index (χ0n) is 14.0. The molecule has 1 aliphatic heterocycles. The topological polar surface area (TPSA) is 71.8 Å². The molecule has 1 N–H and O–H groups in total. The second-order valence-electron chi connectivity index (χ2n) is 5.80. The van der Waals surface area contributed by atoms with Gasteiger partial charge in [-0.05, 0) is 42.7 Å². The third-order valence-corrected chi connectivity index (χ3v) is 4.01. The lowest BCUT2D eigenvalue weighted by molar-refractivity contribution is -0.122. The molecule has 0 saturated heterocycles. The highest BCUT2D eigenvalue weighted by Crippen LogP contribution is 2.30. The number of nitrogens with one attached hydrogen (secondary N) is 1. The van der Waals surface area contributed by atoms with E-state index < -0.39 is 0 Å². The Balaban J connectivity index is 1.74.